The van der Waals surface area contributed by atoms with Crippen LogP contribution in [0.5, 0.6) is 5.75 Å². The number of nitrogen functional groups attached to an aromatic ring is 1. The number of aromatic hydroxyl groups is 1. The van der Waals surface area contributed by atoms with Crippen molar-refractivity contribution < 1.29 is 9.90 Å². The first kappa shape index (κ1) is 12.6. The number of carbonyl (C=O) groups is 1. The van der Waals surface area contributed by atoms with E-state index in [0.29, 0.717) is 11.3 Å². The summed E-state index contributed by atoms with van der Waals surface area (Å²) in [6.07, 6.45) is 2.82. The minimum atomic E-state index is -0.674. The Morgan fingerprint density at radius 3 is 2.79 bits per heavy atom. The lowest BCUT2D eigenvalue weighted by molar-refractivity contribution is 0.0996. The molecule has 1 aromatic heterocycles. The number of nitrogens with two attached hydrogens (primary N) is 2. The Bertz CT molecular complexity index is 615. The number of phenols is 1. The van der Waals surface area contributed by atoms with Gasteiger partial charge >= 0.3 is 0 Å². The van der Waals surface area contributed by atoms with Crippen molar-refractivity contribution in [1.29, 1.82) is 0 Å². The van der Waals surface area contributed by atoms with Crippen molar-refractivity contribution in [2.45, 2.75) is 6.54 Å². The van der Waals surface area contributed by atoms with Gasteiger partial charge in [-0.15, -0.1) is 0 Å². The number of hydrogen-bond acceptors (Lipinski definition) is 6. The second-order valence-corrected chi connectivity index (χ2v) is 3.86. The Balaban J connectivity index is 2.19. The summed E-state index contributed by atoms with van der Waals surface area (Å²) in [6.45, 7) is 0.246. The normalized spacial score (nSPS) is 10.1. The van der Waals surface area contributed by atoms with Gasteiger partial charge in [-0.05, 0) is 18.2 Å². The van der Waals surface area contributed by atoms with Crippen molar-refractivity contribution in [1.82, 2.24) is 9.97 Å². The molecule has 0 aliphatic heterocycles. The molecule has 1 heterocycles. The zero-order valence-electron chi connectivity index (χ0n) is 10.00. The minimum Gasteiger partial charge on any atom is -0.508 e. The molecule has 1 aromatic carbocycles. The second kappa shape index (κ2) is 5.21. The summed E-state index contributed by atoms with van der Waals surface area (Å²) in [5, 5.41) is 12.6. The van der Waals surface area contributed by atoms with E-state index in [9.17, 15) is 9.90 Å². The fourth-order valence-electron chi connectivity index (χ4n) is 1.57. The molecular weight excluding hydrogens is 246 g/mol. The third-order valence-corrected chi connectivity index (χ3v) is 2.48. The maximum absolute atomic E-state index is 11.2. The van der Waals surface area contributed by atoms with E-state index in [1.165, 1.54) is 18.5 Å². The minimum absolute atomic E-state index is 0.0471. The first-order chi connectivity index (χ1) is 9.08. The quantitative estimate of drug-likeness (QED) is 0.467. The second-order valence-electron chi connectivity index (χ2n) is 3.86. The van der Waals surface area contributed by atoms with E-state index in [-0.39, 0.29) is 23.8 Å². The van der Waals surface area contributed by atoms with Gasteiger partial charge in [0.15, 0.2) is 11.5 Å². The summed E-state index contributed by atoms with van der Waals surface area (Å²) in [4.78, 5) is 19.0. The highest BCUT2D eigenvalue weighted by Gasteiger charge is 2.11. The summed E-state index contributed by atoms with van der Waals surface area (Å²) in [7, 11) is 0. The molecule has 2 rings (SSSR count). The maximum Gasteiger partial charge on any atom is 0.271 e. The van der Waals surface area contributed by atoms with Crippen LogP contribution in [0.2, 0.25) is 0 Å². The summed E-state index contributed by atoms with van der Waals surface area (Å²) < 4.78 is 0. The van der Waals surface area contributed by atoms with Crippen molar-refractivity contribution in [2.24, 2.45) is 5.73 Å². The molecule has 0 saturated heterocycles. The van der Waals surface area contributed by atoms with E-state index in [0.717, 1.165) is 0 Å². The molecule has 0 radical (unpaired) electrons. The number of rotatable bonds is 4. The van der Waals surface area contributed by atoms with Crippen molar-refractivity contribution >= 4 is 17.4 Å². The number of phenolic OH excluding ortho intramolecular Hbond substituents is 1. The summed E-state index contributed by atoms with van der Waals surface area (Å²) in [5.74, 6) is -0.310. The average Bonchev–Trinajstić information content (AvgIpc) is 2.40. The maximum atomic E-state index is 11.2. The summed E-state index contributed by atoms with van der Waals surface area (Å²) in [5.41, 5.74) is 12.0. The SMILES string of the molecule is NC(=O)c1nccnc1NCc1cc(N)ccc1O. The lowest BCUT2D eigenvalue weighted by Crippen LogP contribution is -2.17. The van der Waals surface area contributed by atoms with Crippen LogP contribution in [0.4, 0.5) is 11.5 Å². The van der Waals surface area contributed by atoms with E-state index in [4.69, 9.17) is 11.5 Å². The third-order valence-electron chi connectivity index (χ3n) is 2.48. The molecule has 98 valence electrons. The monoisotopic (exact) mass is 259 g/mol. The predicted molar refractivity (Wildman–Crippen MR) is 70.4 cm³/mol. The van der Waals surface area contributed by atoms with Gasteiger partial charge in [-0.2, -0.15) is 0 Å². The van der Waals surface area contributed by atoms with Crippen molar-refractivity contribution in [3.8, 4) is 5.75 Å². The van der Waals surface area contributed by atoms with Crippen molar-refractivity contribution in [2.75, 3.05) is 11.1 Å². The van der Waals surface area contributed by atoms with Gasteiger partial charge in [-0.25, -0.2) is 9.97 Å². The molecule has 19 heavy (non-hydrogen) atoms. The molecule has 0 spiro atoms. The highest BCUT2D eigenvalue weighted by Crippen LogP contribution is 2.21. The molecule has 1 amide bonds. The van der Waals surface area contributed by atoms with Gasteiger partial charge in [-0.3, -0.25) is 4.79 Å². The summed E-state index contributed by atoms with van der Waals surface area (Å²) >= 11 is 0. The molecular formula is C12H13N5O2. The zero-order chi connectivity index (χ0) is 13.8. The van der Waals surface area contributed by atoms with Crippen LogP contribution >= 0.6 is 0 Å². The van der Waals surface area contributed by atoms with Crippen molar-refractivity contribution in [3.05, 3.63) is 41.9 Å². The van der Waals surface area contributed by atoms with Crippen LogP contribution in [0.15, 0.2) is 30.6 Å². The van der Waals surface area contributed by atoms with Crippen LogP contribution in [0.1, 0.15) is 16.1 Å². The van der Waals surface area contributed by atoms with Gasteiger partial charge in [0.1, 0.15) is 5.75 Å². The molecule has 0 aliphatic rings. The molecule has 0 saturated carbocycles. The first-order valence-corrected chi connectivity index (χ1v) is 5.50. The zero-order valence-corrected chi connectivity index (χ0v) is 10.00. The van der Waals surface area contributed by atoms with Crippen molar-refractivity contribution in [3.63, 3.8) is 0 Å². The van der Waals surface area contributed by atoms with E-state index in [1.807, 2.05) is 0 Å². The van der Waals surface area contributed by atoms with E-state index >= 15 is 0 Å². The smallest absolute Gasteiger partial charge is 0.271 e. The molecule has 0 aliphatic carbocycles. The van der Waals surface area contributed by atoms with Gasteiger partial charge < -0.3 is 21.9 Å². The van der Waals surface area contributed by atoms with Crippen LogP contribution < -0.4 is 16.8 Å². The third kappa shape index (κ3) is 2.89. The summed E-state index contributed by atoms with van der Waals surface area (Å²) in [6, 6.07) is 4.72. The number of benzene rings is 1. The van der Waals surface area contributed by atoms with E-state index in [1.54, 1.807) is 12.1 Å². The number of carbonyl (C=O) groups excluding carboxylic acids is 1. The van der Waals surface area contributed by atoms with Gasteiger partial charge in [0.25, 0.3) is 5.91 Å². The Kier molecular flexibility index (Phi) is 3.46. The van der Waals surface area contributed by atoms with E-state index < -0.39 is 5.91 Å². The Morgan fingerprint density at radius 2 is 2.05 bits per heavy atom. The molecule has 0 bridgehead atoms. The van der Waals surface area contributed by atoms with Crippen LogP contribution in [-0.2, 0) is 6.54 Å². The number of aromatic nitrogens is 2. The Labute approximate surface area is 109 Å². The number of anilines is 2. The number of amides is 1. The Hall–Kier alpha value is -2.83. The highest BCUT2D eigenvalue weighted by molar-refractivity contribution is 5.95. The lowest BCUT2D eigenvalue weighted by Gasteiger charge is -2.09. The largest absolute Gasteiger partial charge is 0.508 e. The molecule has 7 nitrogen and oxygen atoms in total. The van der Waals surface area contributed by atoms with Crippen LogP contribution in [0.25, 0.3) is 0 Å². The molecule has 6 N–H and O–H groups in total. The van der Waals surface area contributed by atoms with Crippen LogP contribution in [0.3, 0.4) is 0 Å². The van der Waals surface area contributed by atoms with Crippen LogP contribution in [0, 0.1) is 0 Å². The molecule has 7 heteroatoms. The van der Waals surface area contributed by atoms with Gasteiger partial charge in [-0.1, -0.05) is 0 Å². The van der Waals surface area contributed by atoms with Gasteiger partial charge in [0.2, 0.25) is 0 Å². The molecule has 2 aromatic rings. The number of hydrogen-bond donors (Lipinski definition) is 4. The standard InChI is InChI=1S/C12H13N5O2/c13-8-1-2-9(18)7(5-8)6-17-12-10(11(14)19)15-3-4-16-12/h1-5,18H,6,13H2,(H2,14,19)(H,16,17). The number of nitrogens with one attached hydrogen (secondary N) is 1. The molecule has 0 fully saturated rings. The molecule has 0 unspecified atom stereocenters. The highest BCUT2D eigenvalue weighted by atomic mass is 16.3. The first-order valence-electron chi connectivity index (χ1n) is 5.50. The average molecular weight is 259 g/mol. The van der Waals surface area contributed by atoms with Gasteiger partial charge in [0, 0.05) is 30.2 Å². The fraction of sp³-hybridized carbons (Fsp3) is 0.0833. The number of primary amides is 1. The van der Waals surface area contributed by atoms with Crippen LogP contribution in [-0.4, -0.2) is 21.0 Å². The number of nitrogens with zero attached hydrogens (tertiary/aromatic N) is 2. The topological polar surface area (TPSA) is 127 Å². The Morgan fingerprint density at radius 1 is 1.32 bits per heavy atom. The molecule has 0 atom stereocenters. The van der Waals surface area contributed by atoms with E-state index in [2.05, 4.69) is 15.3 Å². The van der Waals surface area contributed by atoms with Gasteiger partial charge in [0.05, 0.1) is 0 Å². The predicted octanol–water partition coefficient (Wildman–Crippen LogP) is 0.475. The fourth-order valence-corrected chi connectivity index (χ4v) is 1.57. The lowest BCUT2D eigenvalue weighted by atomic mass is 10.2.